The number of nitrogens with zero attached hydrogens (tertiary/aromatic N) is 6. The molecule has 7 nitrogen and oxygen atoms in total. The largest absolute Gasteiger partial charge is 0.324 e. The predicted octanol–water partition coefficient (Wildman–Crippen LogP) is 6.37. The first-order valence-electron chi connectivity index (χ1n) is 10.5. The van der Waals surface area contributed by atoms with Crippen LogP contribution in [-0.4, -0.2) is 29.5 Å². The van der Waals surface area contributed by atoms with Crippen molar-refractivity contribution >= 4 is 34.8 Å². The molecule has 0 bridgehead atoms. The van der Waals surface area contributed by atoms with Gasteiger partial charge in [0.05, 0.1) is 10.7 Å². The van der Waals surface area contributed by atoms with Gasteiger partial charge in [0.25, 0.3) is 6.43 Å². The van der Waals surface area contributed by atoms with Gasteiger partial charge in [-0.2, -0.15) is 10.2 Å². The highest BCUT2D eigenvalue weighted by Crippen LogP contribution is 2.38. The normalized spacial score (nSPS) is 13.6. The van der Waals surface area contributed by atoms with Gasteiger partial charge in [0, 0.05) is 18.2 Å². The van der Waals surface area contributed by atoms with Gasteiger partial charge in [0.1, 0.15) is 40.2 Å². The van der Waals surface area contributed by atoms with Crippen molar-refractivity contribution in [2.75, 3.05) is 5.32 Å². The monoisotopic (exact) mass is 507 g/mol. The third-order valence-electron chi connectivity index (χ3n) is 5.48. The minimum Gasteiger partial charge on any atom is -0.324 e. The van der Waals surface area contributed by atoms with E-state index in [2.05, 4.69) is 25.5 Å². The molecule has 0 saturated heterocycles. The lowest BCUT2D eigenvalue weighted by atomic mass is 10.1. The second-order valence-electron chi connectivity index (χ2n) is 8.03. The quantitative estimate of drug-likeness (QED) is 0.314. The Kier molecular flexibility index (Phi) is 5.95. The van der Waals surface area contributed by atoms with Gasteiger partial charge in [-0.3, -0.25) is 0 Å². The number of aromatic nitrogens is 6. The van der Waals surface area contributed by atoms with Gasteiger partial charge >= 0.3 is 0 Å². The molecular formula is C22H18Cl2F3N7. The van der Waals surface area contributed by atoms with Gasteiger partial charge in [-0.25, -0.2) is 32.5 Å². The van der Waals surface area contributed by atoms with E-state index in [1.165, 1.54) is 31.5 Å². The number of anilines is 2. The molecule has 5 rings (SSSR count). The summed E-state index contributed by atoms with van der Waals surface area (Å²) in [6.07, 6.45) is 0.577. The molecule has 1 aromatic carbocycles. The highest BCUT2D eigenvalue weighted by atomic mass is 35.5. The molecule has 3 heterocycles. The van der Waals surface area contributed by atoms with Crippen molar-refractivity contribution in [3.8, 4) is 17.1 Å². The fraction of sp³-hybridized carbons (Fsp3) is 0.273. The third kappa shape index (κ3) is 4.35. The number of nitrogens with one attached hydrogen (secondary N) is 1. The van der Waals surface area contributed by atoms with Gasteiger partial charge in [-0.15, -0.1) is 0 Å². The van der Waals surface area contributed by atoms with Crippen molar-refractivity contribution in [3.63, 3.8) is 0 Å². The van der Waals surface area contributed by atoms with Gasteiger partial charge in [-0.1, -0.05) is 23.2 Å². The van der Waals surface area contributed by atoms with Crippen molar-refractivity contribution in [1.82, 2.24) is 29.5 Å². The summed E-state index contributed by atoms with van der Waals surface area (Å²) < 4.78 is 43.3. The average molecular weight is 508 g/mol. The topological polar surface area (TPSA) is 73.5 Å². The summed E-state index contributed by atoms with van der Waals surface area (Å²) in [6, 6.07) is 7.36. The molecular weight excluding hydrogens is 490 g/mol. The maximum atomic E-state index is 13.6. The summed E-state index contributed by atoms with van der Waals surface area (Å²) in [5, 5.41) is 12.1. The Morgan fingerprint density at radius 2 is 1.82 bits per heavy atom. The number of aryl methyl sites for hydroxylation is 1. The Hall–Kier alpha value is -3.11. The minimum absolute atomic E-state index is 0.113. The first-order chi connectivity index (χ1) is 16.3. The van der Waals surface area contributed by atoms with Crippen LogP contribution in [0, 0.1) is 18.7 Å². The van der Waals surface area contributed by atoms with E-state index in [0.717, 1.165) is 17.5 Å². The molecule has 0 radical (unpaired) electrons. The fourth-order valence-electron chi connectivity index (χ4n) is 3.57. The number of hydrogen-bond acceptors (Lipinski definition) is 5. The van der Waals surface area contributed by atoms with Crippen LogP contribution in [0.1, 0.15) is 30.7 Å². The maximum absolute atomic E-state index is 13.6. The summed E-state index contributed by atoms with van der Waals surface area (Å²) in [5.41, 5.74) is 0.975. The van der Waals surface area contributed by atoms with E-state index in [0.29, 0.717) is 40.4 Å². The van der Waals surface area contributed by atoms with E-state index in [9.17, 15) is 13.2 Å². The van der Waals surface area contributed by atoms with Crippen LogP contribution in [0.15, 0.2) is 36.7 Å². The Labute approximate surface area is 202 Å². The molecule has 3 aromatic heterocycles. The van der Waals surface area contributed by atoms with E-state index in [-0.39, 0.29) is 22.4 Å². The van der Waals surface area contributed by atoms with Gasteiger partial charge in [0.15, 0.2) is 5.82 Å². The smallest absolute Gasteiger partial charge is 0.282 e. The van der Waals surface area contributed by atoms with Crippen LogP contribution in [-0.2, 0) is 6.54 Å². The maximum Gasteiger partial charge on any atom is 0.282 e. The number of benzene rings is 1. The Balaban J connectivity index is 1.53. The number of halogens is 5. The van der Waals surface area contributed by atoms with E-state index in [1.54, 1.807) is 16.8 Å². The summed E-state index contributed by atoms with van der Waals surface area (Å²) in [4.78, 5) is 8.28. The molecule has 176 valence electrons. The molecule has 1 saturated carbocycles. The van der Waals surface area contributed by atoms with E-state index in [4.69, 9.17) is 23.2 Å². The molecule has 1 fully saturated rings. The molecule has 0 amide bonds. The minimum atomic E-state index is -2.84. The molecule has 0 spiro atoms. The highest BCUT2D eigenvalue weighted by molar-refractivity contribution is 6.35. The summed E-state index contributed by atoms with van der Waals surface area (Å²) in [5.74, 6) is 1.04. The van der Waals surface area contributed by atoms with E-state index in [1.807, 2.05) is 0 Å². The SMILES string of the molecule is Cc1nn(-c2cc(Nc3c(Cl)c(-c4ccc(F)cc4)nn3CC3CC3)ncn2)c(C(F)F)c1Cl. The standard InChI is InChI=1S/C22H18Cl2F3N7/c1-11-17(23)20(21(26)27)34(31-11)16-8-15(28-10-29-16)30-22-18(24)19(13-4-6-14(25)7-5-13)32-33(22)9-12-2-3-12/h4-8,10,12,21H,2-3,9H2,1H3,(H,28,29,30). The Bertz CT molecular complexity index is 1350. The molecule has 1 N–H and O–H groups in total. The first kappa shape index (κ1) is 22.7. The van der Waals surface area contributed by atoms with Crippen LogP contribution >= 0.6 is 23.2 Å². The molecule has 1 aliphatic rings. The summed E-state index contributed by atoms with van der Waals surface area (Å²) in [6.45, 7) is 2.18. The van der Waals surface area contributed by atoms with Crippen LogP contribution in [0.5, 0.6) is 0 Å². The molecule has 34 heavy (non-hydrogen) atoms. The number of alkyl halides is 2. The third-order valence-corrected chi connectivity index (χ3v) is 6.31. The summed E-state index contributed by atoms with van der Waals surface area (Å²) >= 11 is 12.7. The second kappa shape index (κ2) is 8.92. The molecule has 0 unspecified atom stereocenters. The zero-order valence-corrected chi connectivity index (χ0v) is 19.3. The Morgan fingerprint density at radius 3 is 2.50 bits per heavy atom. The van der Waals surface area contributed by atoms with Crippen molar-refractivity contribution in [3.05, 3.63) is 63.9 Å². The van der Waals surface area contributed by atoms with Crippen molar-refractivity contribution in [1.29, 1.82) is 0 Å². The number of hydrogen-bond donors (Lipinski definition) is 1. The summed E-state index contributed by atoms with van der Waals surface area (Å²) in [7, 11) is 0. The molecule has 0 atom stereocenters. The van der Waals surface area contributed by atoms with Gasteiger partial charge in [-0.05, 0) is 49.9 Å². The average Bonchev–Trinajstić information content (AvgIpc) is 3.51. The molecule has 0 aliphatic heterocycles. The molecule has 12 heteroatoms. The van der Waals surface area contributed by atoms with E-state index >= 15 is 0 Å². The molecule has 4 aromatic rings. The van der Waals surface area contributed by atoms with Crippen LogP contribution in [0.4, 0.5) is 24.8 Å². The Morgan fingerprint density at radius 1 is 1.09 bits per heavy atom. The van der Waals surface area contributed by atoms with Gasteiger partial charge in [0.2, 0.25) is 0 Å². The predicted molar refractivity (Wildman–Crippen MR) is 122 cm³/mol. The lowest BCUT2D eigenvalue weighted by Gasteiger charge is -2.11. The zero-order valence-electron chi connectivity index (χ0n) is 17.8. The van der Waals surface area contributed by atoms with Crippen molar-refractivity contribution < 1.29 is 13.2 Å². The first-order valence-corrected chi connectivity index (χ1v) is 11.2. The van der Waals surface area contributed by atoms with Crippen LogP contribution in [0.3, 0.4) is 0 Å². The fourth-order valence-corrected chi connectivity index (χ4v) is 4.06. The van der Waals surface area contributed by atoms with Crippen molar-refractivity contribution in [2.45, 2.75) is 32.7 Å². The second-order valence-corrected chi connectivity index (χ2v) is 8.78. The van der Waals surface area contributed by atoms with Gasteiger partial charge < -0.3 is 5.32 Å². The van der Waals surface area contributed by atoms with Crippen LogP contribution in [0.25, 0.3) is 17.1 Å². The van der Waals surface area contributed by atoms with E-state index < -0.39 is 12.1 Å². The number of rotatable bonds is 7. The van der Waals surface area contributed by atoms with Crippen molar-refractivity contribution in [2.24, 2.45) is 5.92 Å². The molecule has 1 aliphatic carbocycles. The highest BCUT2D eigenvalue weighted by Gasteiger charge is 2.27. The van der Waals surface area contributed by atoms with Crippen LogP contribution < -0.4 is 5.32 Å². The van der Waals surface area contributed by atoms with Crippen LogP contribution in [0.2, 0.25) is 10.0 Å². The lowest BCUT2D eigenvalue weighted by molar-refractivity contribution is 0.142. The zero-order chi connectivity index (χ0) is 24.0. The lowest BCUT2D eigenvalue weighted by Crippen LogP contribution is -2.09.